The Kier molecular flexibility index (Phi) is 6.03. The number of aromatic hydroxyl groups is 1. The Hall–Kier alpha value is -2.70. The number of rotatable bonds is 6. The van der Waals surface area contributed by atoms with Crippen molar-refractivity contribution < 1.29 is 32.9 Å². The average Bonchev–Trinajstić information content (AvgIpc) is 2.55. The Morgan fingerprint density at radius 3 is 2.41 bits per heavy atom. The van der Waals surface area contributed by atoms with Gasteiger partial charge in [-0.1, -0.05) is 26.0 Å². The molecule has 0 heterocycles. The maximum absolute atomic E-state index is 13.6. The fourth-order valence-electron chi connectivity index (χ4n) is 2.88. The second kappa shape index (κ2) is 7.90. The molecule has 0 unspecified atom stereocenters. The molecule has 0 radical (unpaired) electrons. The van der Waals surface area contributed by atoms with E-state index in [1.165, 1.54) is 19.1 Å². The van der Waals surface area contributed by atoms with E-state index in [0.29, 0.717) is 16.7 Å². The lowest BCUT2D eigenvalue weighted by Gasteiger charge is -2.18. The van der Waals surface area contributed by atoms with Crippen molar-refractivity contribution in [2.45, 2.75) is 39.3 Å². The predicted molar refractivity (Wildman–Crippen MR) is 94.3 cm³/mol. The minimum atomic E-state index is -4.61. The SMILES string of the molecule is Cc1cc(OCC(=O)O)cc(C(F)(F)F)c1Cc1ccc(O)c(C(C)C)c1. The van der Waals surface area contributed by atoms with Gasteiger partial charge in [0, 0.05) is 0 Å². The summed E-state index contributed by atoms with van der Waals surface area (Å²) in [4.78, 5) is 10.6. The van der Waals surface area contributed by atoms with Gasteiger partial charge in [-0.15, -0.1) is 0 Å². The van der Waals surface area contributed by atoms with Gasteiger partial charge in [0.1, 0.15) is 11.5 Å². The van der Waals surface area contributed by atoms with Crippen LogP contribution in [0.3, 0.4) is 0 Å². The molecule has 0 fully saturated rings. The molecule has 0 bridgehead atoms. The molecular formula is C20H21F3O4. The number of alkyl halides is 3. The summed E-state index contributed by atoms with van der Waals surface area (Å²) in [6.45, 7) is 4.59. The molecule has 0 saturated carbocycles. The van der Waals surface area contributed by atoms with E-state index in [-0.39, 0.29) is 29.4 Å². The highest BCUT2D eigenvalue weighted by molar-refractivity contribution is 5.68. The lowest BCUT2D eigenvalue weighted by molar-refractivity contribution is -0.139. The van der Waals surface area contributed by atoms with E-state index < -0.39 is 24.3 Å². The maximum Gasteiger partial charge on any atom is 0.416 e. The first-order chi connectivity index (χ1) is 12.5. The lowest BCUT2D eigenvalue weighted by Crippen LogP contribution is -2.14. The van der Waals surface area contributed by atoms with Gasteiger partial charge in [0.05, 0.1) is 5.56 Å². The van der Waals surface area contributed by atoms with Crippen molar-refractivity contribution in [3.05, 3.63) is 58.1 Å². The zero-order valence-corrected chi connectivity index (χ0v) is 15.2. The summed E-state index contributed by atoms with van der Waals surface area (Å²) in [5.74, 6) is -1.27. The summed E-state index contributed by atoms with van der Waals surface area (Å²) in [6.07, 6.45) is -4.58. The molecule has 0 amide bonds. The van der Waals surface area contributed by atoms with Gasteiger partial charge in [0.15, 0.2) is 6.61 Å². The van der Waals surface area contributed by atoms with Crippen LogP contribution >= 0.6 is 0 Å². The van der Waals surface area contributed by atoms with Gasteiger partial charge in [0.25, 0.3) is 0 Å². The molecule has 2 rings (SSSR count). The zero-order valence-electron chi connectivity index (χ0n) is 15.2. The Morgan fingerprint density at radius 1 is 1.19 bits per heavy atom. The highest BCUT2D eigenvalue weighted by atomic mass is 19.4. The van der Waals surface area contributed by atoms with Crippen LogP contribution < -0.4 is 4.74 Å². The van der Waals surface area contributed by atoms with Crippen molar-refractivity contribution >= 4 is 5.97 Å². The number of phenolic OH excluding ortho intramolecular Hbond substituents is 1. The van der Waals surface area contributed by atoms with Gasteiger partial charge in [-0.05, 0) is 59.7 Å². The number of ether oxygens (including phenoxy) is 1. The number of carboxylic acids is 1. The summed E-state index contributed by atoms with van der Waals surface area (Å²) in [6, 6.07) is 7.01. The molecule has 0 aromatic heterocycles. The van der Waals surface area contributed by atoms with Crippen molar-refractivity contribution in [3.8, 4) is 11.5 Å². The van der Waals surface area contributed by atoms with Gasteiger partial charge in [-0.3, -0.25) is 0 Å². The van der Waals surface area contributed by atoms with E-state index >= 15 is 0 Å². The minimum absolute atomic E-state index is 0.0277. The number of carbonyl (C=O) groups is 1. The maximum atomic E-state index is 13.6. The minimum Gasteiger partial charge on any atom is -0.508 e. The van der Waals surface area contributed by atoms with Gasteiger partial charge < -0.3 is 14.9 Å². The van der Waals surface area contributed by atoms with Gasteiger partial charge in [-0.2, -0.15) is 13.2 Å². The van der Waals surface area contributed by atoms with E-state index in [0.717, 1.165) is 6.07 Å². The van der Waals surface area contributed by atoms with Crippen LogP contribution in [0.25, 0.3) is 0 Å². The largest absolute Gasteiger partial charge is 0.508 e. The second-order valence-corrected chi connectivity index (χ2v) is 6.67. The number of hydrogen-bond acceptors (Lipinski definition) is 3. The summed E-state index contributed by atoms with van der Waals surface area (Å²) < 4.78 is 45.6. The van der Waals surface area contributed by atoms with Crippen LogP contribution in [0.4, 0.5) is 13.2 Å². The number of aliphatic carboxylic acids is 1. The van der Waals surface area contributed by atoms with E-state index in [4.69, 9.17) is 9.84 Å². The molecule has 2 aromatic carbocycles. The molecule has 0 atom stereocenters. The number of carboxylic acid groups (broad SMARTS) is 1. The first-order valence-corrected chi connectivity index (χ1v) is 8.36. The molecule has 2 N–H and O–H groups in total. The zero-order chi connectivity index (χ0) is 20.4. The van der Waals surface area contributed by atoms with Crippen LogP contribution in [-0.4, -0.2) is 22.8 Å². The first kappa shape index (κ1) is 20.6. The summed E-state index contributed by atoms with van der Waals surface area (Å²) >= 11 is 0. The Labute approximate surface area is 155 Å². The van der Waals surface area contributed by atoms with E-state index in [1.54, 1.807) is 12.1 Å². The monoisotopic (exact) mass is 382 g/mol. The predicted octanol–water partition coefficient (Wildman–Crippen LogP) is 4.90. The van der Waals surface area contributed by atoms with E-state index in [2.05, 4.69) is 0 Å². The highest BCUT2D eigenvalue weighted by Crippen LogP contribution is 2.38. The third-order valence-corrected chi connectivity index (χ3v) is 4.21. The molecule has 146 valence electrons. The van der Waals surface area contributed by atoms with Crippen LogP contribution in [0.15, 0.2) is 30.3 Å². The van der Waals surface area contributed by atoms with Crippen LogP contribution in [0.2, 0.25) is 0 Å². The molecule has 0 aliphatic heterocycles. The molecule has 0 spiro atoms. The molecule has 4 nitrogen and oxygen atoms in total. The standard InChI is InChI=1S/C20H21F3O4/c1-11(2)15-7-13(4-5-18(15)24)8-16-12(3)6-14(27-10-19(25)26)9-17(16)20(21,22)23/h4-7,9,11,24H,8,10H2,1-3H3,(H,25,26). The van der Waals surface area contributed by atoms with Crippen molar-refractivity contribution in [2.24, 2.45) is 0 Å². The number of aryl methyl sites for hydroxylation is 1. The molecule has 27 heavy (non-hydrogen) atoms. The van der Waals surface area contributed by atoms with Crippen molar-refractivity contribution in [1.29, 1.82) is 0 Å². The van der Waals surface area contributed by atoms with E-state index in [9.17, 15) is 23.1 Å². The van der Waals surface area contributed by atoms with Crippen LogP contribution in [0, 0.1) is 6.92 Å². The third kappa shape index (κ3) is 5.15. The first-order valence-electron chi connectivity index (χ1n) is 8.36. The average molecular weight is 382 g/mol. The van der Waals surface area contributed by atoms with Crippen molar-refractivity contribution in [2.75, 3.05) is 6.61 Å². The Bertz CT molecular complexity index is 842. The number of halogens is 3. The topological polar surface area (TPSA) is 66.8 Å². The number of benzene rings is 2. The molecular weight excluding hydrogens is 361 g/mol. The second-order valence-electron chi connectivity index (χ2n) is 6.67. The molecule has 7 heteroatoms. The van der Waals surface area contributed by atoms with Crippen LogP contribution in [0.5, 0.6) is 11.5 Å². The van der Waals surface area contributed by atoms with Crippen LogP contribution in [-0.2, 0) is 17.4 Å². The fraction of sp³-hybridized carbons (Fsp3) is 0.350. The van der Waals surface area contributed by atoms with Gasteiger partial charge >= 0.3 is 12.1 Å². The van der Waals surface area contributed by atoms with Crippen LogP contribution in [0.1, 0.15) is 47.6 Å². The highest BCUT2D eigenvalue weighted by Gasteiger charge is 2.34. The Morgan fingerprint density at radius 2 is 1.85 bits per heavy atom. The quantitative estimate of drug-likeness (QED) is 0.746. The molecule has 0 saturated heterocycles. The fourth-order valence-corrected chi connectivity index (χ4v) is 2.88. The molecule has 0 aliphatic rings. The van der Waals surface area contributed by atoms with E-state index in [1.807, 2.05) is 13.8 Å². The normalized spacial score (nSPS) is 11.7. The van der Waals surface area contributed by atoms with Crippen molar-refractivity contribution in [1.82, 2.24) is 0 Å². The summed E-state index contributed by atoms with van der Waals surface area (Å²) in [5, 5.41) is 18.6. The number of hydrogen-bond donors (Lipinski definition) is 2. The smallest absolute Gasteiger partial charge is 0.416 e. The third-order valence-electron chi connectivity index (χ3n) is 4.21. The Balaban J connectivity index is 2.46. The summed E-state index contributed by atoms with van der Waals surface area (Å²) in [7, 11) is 0. The number of phenols is 1. The summed E-state index contributed by atoms with van der Waals surface area (Å²) in [5.41, 5.74) is 0.890. The van der Waals surface area contributed by atoms with Gasteiger partial charge in [0.2, 0.25) is 0 Å². The van der Waals surface area contributed by atoms with Crippen molar-refractivity contribution in [3.63, 3.8) is 0 Å². The molecule has 0 aliphatic carbocycles. The van der Waals surface area contributed by atoms with Gasteiger partial charge in [-0.25, -0.2) is 4.79 Å². The molecule has 2 aromatic rings. The lowest BCUT2D eigenvalue weighted by atomic mass is 9.92.